The third-order valence-electron chi connectivity index (χ3n) is 2.73. The molecule has 8 heteroatoms. The number of rotatable bonds is 4. The number of benzene rings is 1. The molecule has 0 atom stereocenters. The van der Waals surface area contributed by atoms with E-state index in [4.69, 9.17) is 18.0 Å². The summed E-state index contributed by atoms with van der Waals surface area (Å²) in [5.74, 6) is 0.258. The van der Waals surface area contributed by atoms with Crippen LogP contribution in [-0.2, 0) is 10.0 Å². The molecule has 21 heavy (non-hydrogen) atoms. The molecule has 0 radical (unpaired) electrons. The minimum absolute atomic E-state index is 0.116. The van der Waals surface area contributed by atoms with E-state index in [9.17, 15) is 8.42 Å². The topological polar surface area (TPSA) is 85.1 Å². The van der Waals surface area contributed by atoms with Crippen LogP contribution in [0, 0.1) is 6.92 Å². The summed E-state index contributed by atoms with van der Waals surface area (Å²) in [6, 6.07) is 7.67. The largest absolute Gasteiger partial charge is 0.389 e. The maximum absolute atomic E-state index is 12.3. The minimum atomic E-state index is -3.70. The van der Waals surface area contributed by atoms with Crippen LogP contribution in [0.4, 0.5) is 5.82 Å². The molecule has 0 unspecified atom stereocenters. The summed E-state index contributed by atoms with van der Waals surface area (Å²) >= 11 is 8.14. The average molecular weight is 386 g/mol. The molecule has 0 amide bonds. The molecule has 0 aliphatic rings. The highest BCUT2D eigenvalue weighted by molar-refractivity contribution is 9.10. The average Bonchev–Trinajstić information content (AvgIpc) is 2.43. The lowest BCUT2D eigenvalue weighted by Crippen LogP contribution is -2.15. The van der Waals surface area contributed by atoms with Gasteiger partial charge < -0.3 is 5.73 Å². The van der Waals surface area contributed by atoms with Crippen molar-refractivity contribution in [2.24, 2.45) is 5.73 Å². The molecule has 0 saturated heterocycles. The normalized spacial score (nSPS) is 11.1. The molecule has 0 fully saturated rings. The Morgan fingerprint density at radius 1 is 1.33 bits per heavy atom. The fraction of sp³-hybridized carbons (Fsp3) is 0.0769. The highest BCUT2D eigenvalue weighted by Gasteiger charge is 2.15. The molecule has 5 nitrogen and oxygen atoms in total. The van der Waals surface area contributed by atoms with Crippen molar-refractivity contribution in [1.29, 1.82) is 0 Å². The zero-order valence-electron chi connectivity index (χ0n) is 11.0. The van der Waals surface area contributed by atoms with Crippen molar-refractivity contribution in [3.63, 3.8) is 0 Å². The monoisotopic (exact) mass is 385 g/mol. The fourth-order valence-corrected chi connectivity index (χ4v) is 2.94. The molecular formula is C13H12BrN3O2S2. The van der Waals surface area contributed by atoms with Gasteiger partial charge >= 0.3 is 0 Å². The number of nitrogens with one attached hydrogen (secondary N) is 1. The first kappa shape index (κ1) is 15.9. The Morgan fingerprint density at radius 3 is 2.48 bits per heavy atom. The van der Waals surface area contributed by atoms with Gasteiger partial charge in [0, 0.05) is 16.2 Å². The van der Waals surface area contributed by atoms with Gasteiger partial charge in [-0.15, -0.1) is 0 Å². The van der Waals surface area contributed by atoms with E-state index in [0.29, 0.717) is 5.56 Å². The first-order chi connectivity index (χ1) is 9.79. The van der Waals surface area contributed by atoms with Gasteiger partial charge in [-0.2, -0.15) is 0 Å². The van der Waals surface area contributed by atoms with Crippen LogP contribution in [-0.4, -0.2) is 18.4 Å². The number of halogens is 1. The number of pyridine rings is 1. The van der Waals surface area contributed by atoms with E-state index >= 15 is 0 Å². The molecule has 1 heterocycles. The second kappa shape index (κ2) is 6.08. The van der Waals surface area contributed by atoms with E-state index in [-0.39, 0.29) is 15.7 Å². The second-order valence-corrected chi connectivity index (χ2v) is 7.29. The first-order valence-corrected chi connectivity index (χ1v) is 8.53. The zero-order chi connectivity index (χ0) is 15.6. The van der Waals surface area contributed by atoms with Gasteiger partial charge in [-0.3, -0.25) is 4.72 Å². The number of nitrogens with zero attached hydrogens (tertiary/aromatic N) is 1. The molecule has 1 aromatic heterocycles. The summed E-state index contributed by atoms with van der Waals surface area (Å²) in [5, 5.41) is 0. The molecule has 0 bridgehead atoms. The van der Waals surface area contributed by atoms with E-state index in [1.807, 2.05) is 6.92 Å². The third-order valence-corrected chi connectivity index (χ3v) is 5.17. The number of aryl methyl sites for hydroxylation is 1. The Balaban J connectivity index is 2.29. The van der Waals surface area contributed by atoms with E-state index in [2.05, 4.69) is 25.6 Å². The Hall–Kier alpha value is -1.51. The maximum Gasteiger partial charge on any atom is 0.263 e. The van der Waals surface area contributed by atoms with Crippen molar-refractivity contribution in [3.8, 4) is 0 Å². The molecule has 2 aromatic rings. The van der Waals surface area contributed by atoms with Gasteiger partial charge in [0.15, 0.2) is 0 Å². The van der Waals surface area contributed by atoms with Gasteiger partial charge in [0.2, 0.25) is 0 Å². The van der Waals surface area contributed by atoms with Crippen LogP contribution in [0.3, 0.4) is 0 Å². The van der Waals surface area contributed by atoms with Crippen LogP contribution in [0.2, 0.25) is 0 Å². The van der Waals surface area contributed by atoms with Crippen molar-refractivity contribution >= 4 is 49.0 Å². The van der Waals surface area contributed by atoms with E-state index in [1.165, 1.54) is 12.1 Å². The Morgan fingerprint density at radius 2 is 1.95 bits per heavy atom. The molecule has 0 spiro atoms. The van der Waals surface area contributed by atoms with Crippen LogP contribution < -0.4 is 10.5 Å². The molecular weight excluding hydrogens is 374 g/mol. The van der Waals surface area contributed by atoms with Crippen molar-refractivity contribution in [1.82, 2.24) is 4.98 Å². The van der Waals surface area contributed by atoms with Crippen LogP contribution in [0.1, 0.15) is 11.1 Å². The smallest absolute Gasteiger partial charge is 0.263 e. The summed E-state index contributed by atoms with van der Waals surface area (Å²) < 4.78 is 27.7. The molecule has 0 aliphatic carbocycles. The van der Waals surface area contributed by atoms with Crippen LogP contribution in [0.25, 0.3) is 0 Å². The molecule has 2 rings (SSSR count). The predicted octanol–water partition coefficient (Wildman–Crippen LogP) is 2.59. The number of thiocarbonyl (C=S) groups is 1. The Bertz CT molecular complexity index is 790. The summed E-state index contributed by atoms with van der Waals surface area (Å²) in [5.41, 5.74) is 6.97. The summed E-state index contributed by atoms with van der Waals surface area (Å²) in [6.07, 6.45) is 1.54. The fourth-order valence-electron chi connectivity index (χ4n) is 1.59. The van der Waals surface area contributed by atoms with Crippen molar-refractivity contribution in [2.45, 2.75) is 11.8 Å². The lowest BCUT2D eigenvalue weighted by molar-refractivity contribution is 0.601. The molecule has 0 aliphatic heterocycles. The van der Waals surface area contributed by atoms with Crippen molar-refractivity contribution in [3.05, 3.63) is 52.1 Å². The van der Waals surface area contributed by atoms with Crippen LogP contribution in [0.15, 0.2) is 45.9 Å². The zero-order valence-corrected chi connectivity index (χ0v) is 14.2. The minimum Gasteiger partial charge on any atom is -0.389 e. The third kappa shape index (κ3) is 3.78. The lowest BCUT2D eigenvalue weighted by Gasteiger charge is -2.09. The SMILES string of the molecule is Cc1cc(NS(=O)(=O)c2ccc(C(N)=S)cc2)ncc1Br. The lowest BCUT2D eigenvalue weighted by atomic mass is 10.2. The Kier molecular flexibility index (Phi) is 4.60. The summed E-state index contributed by atoms with van der Waals surface area (Å²) in [6.45, 7) is 1.85. The second-order valence-electron chi connectivity index (χ2n) is 4.31. The molecule has 0 saturated carbocycles. The van der Waals surface area contributed by atoms with Gasteiger partial charge in [0.1, 0.15) is 10.8 Å². The number of hydrogen-bond donors (Lipinski definition) is 2. The maximum atomic E-state index is 12.3. The molecule has 3 N–H and O–H groups in total. The van der Waals surface area contributed by atoms with E-state index < -0.39 is 10.0 Å². The Labute approximate surface area is 136 Å². The standard InChI is InChI=1S/C13H12BrN3O2S2/c1-8-6-12(16-7-11(8)14)17-21(18,19)10-4-2-9(3-5-10)13(15)20/h2-7H,1H3,(H2,15,20)(H,16,17). The number of aromatic nitrogens is 1. The summed E-state index contributed by atoms with van der Waals surface area (Å²) in [7, 11) is -3.70. The highest BCUT2D eigenvalue weighted by atomic mass is 79.9. The van der Waals surface area contributed by atoms with Gasteiger partial charge in [-0.25, -0.2) is 13.4 Å². The van der Waals surface area contributed by atoms with Crippen molar-refractivity contribution in [2.75, 3.05) is 4.72 Å². The molecule has 1 aromatic carbocycles. The van der Waals surface area contributed by atoms with E-state index in [1.54, 1.807) is 24.4 Å². The molecule has 110 valence electrons. The van der Waals surface area contributed by atoms with Crippen molar-refractivity contribution < 1.29 is 8.42 Å². The number of nitrogens with two attached hydrogens (primary N) is 1. The number of anilines is 1. The van der Waals surface area contributed by atoms with Gasteiger partial charge in [0.25, 0.3) is 10.0 Å². The predicted molar refractivity (Wildman–Crippen MR) is 89.8 cm³/mol. The number of sulfonamides is 1. The quantitative estimate of drug-likeness (QED) is 0.789. The number of hydrogen-bond acceptors (Lipinski definition) is 4. The van der Waals surface area contributed by atoms with Gasteiger partial charge in [-0.05, 0) is 46.6 Å². The summed E-state index contributed by atoms with van der Waals surface area (Å²) in [4.78, 5) is 4.35. The van der Waals surface area contributed by atoms with Gasteiger partial charge in [-0.1, -0.05) is 24.4 Å². The van der Waals surface area contributed by atoms with E-state index in [0.717, 1.165) is 10.0 Å². The first-order valence-electron chi connectivity index (χ1n) is 5.84. The van der Waals surface area contributed by atoms with Crippen LogP contribution in [0.5, 0.6) is 0 Å². The highest BCUT2D eigenvalue weighted by Crippen LogP contribution is 2.20. The van der Waals surface area contributed by atoms with Gasteiger partial charge in [0.05, 0.1) is 4.90 Å². The van der Waals surface area contributed by atoms with Crippen LogP contribution >= 0.6 is 28.1 Å².